The summed E-state index contributed by atoms with van der Waals surface area (Å²) in [5, 5.41) is 8.96. The second kappa shape index (κ2) is 9.27. The standard InChI is InChI=1S/C15H29N5O2/c1-11(2)6-5-7-12(3)19-14(16-4)17-8-9-20-13(21)10-18-15(20)22/h11-12H,5-10H2,1-4H3,(H,18,22)(H2,16,17,19). The Kier molecular flexibility index (Phi) is 7.70. The predicted molar refractivity (Wildman–Crippen MR) is 87.8 cm³/mol. The number of urea groups is 1. The molecular formula is C15H29N5O2. The Morgan fingerprint density at radius 1 is 1.32 bits per heavy atom. The van der Waals surface area contributed by atoms with Crippen LogP contribution in [-0.4, -0.2) is 55.5 Å². The van der Waals surface area contributed by atoms with E-state index in [-0.39, 0.29) is 18.5 Å². The molecule has 0 aromatic heterocycles. The molecule has 1 fully saturated rings. The minimum Gasteiger partial charge on any atom is -0.355 e. The van der Waals surface area contributed by atoms with Gasteiger partial charge in [0.2, 0.25) is 5.91 Å². The summed E-state index contributed by atoms with van der Waals surface area (Å²) in [6.07, 6.45) is 3.50. The van der Waals surface area contributed by atoms with Crippen LogP contribution < -0.4 is 16.0 Å². The van der Waals surface area contributed by atoms with Crippen molar-refractivity contribution in [3.05, 3.63) is 0 Å². The molecule has 22 heavy (non-hydrogen) atoms. The highest BCUT2D eigenvalue weighted by Crippen LogP contribution is 2.08. The zero-order chi connectivity index (χ0) is 16.5. The van der Waals surface area contributed by atoms with Crippen molar-refractivity contribution in [2.45, 2.75) is 46.1 Å². The van der Waals surface area contributed by atoms with Crippen LogP contribution in [0.25, 0.3) is 0 Å². The first-order valence-corrected chi connectivity index (χ1v) is 7.99. The van der Waals surface area contributed by atoms with Crippen molar-refractivity contribution in [2.75, 3.05) is 26.7 Å². The zero-order valence-electron chi connectivity index (χ0n) is 14.1. The van der Waals surface area contributed by atoms with Gasteiger partial charge in [0.05, 0.1) is 6.54 Å². The van der Waals surface area contributed by atoms with E-state index < -0.39 is 0 Å². The largest absolute Gasteiger partial charge is 0.355 e. The normalized spacial score (nSPS) is 17.0. The Balaban J connectivity index is 2.24. The van der Waals surface area contributed by atoms with Crippen molar-refractivity contribution in [3.63, 3.8) is 0 Å². The number of carbonyl (C=O) groups is 2. The summed E-state index contributed by atoms with van der Waals surface area (Å²) in [5.74, 6) is 1.25. The van der Waals surface area contributed by atoms with Crippen LogP contribution in [0.3, 0.4) is 0 Å². The fourth-order valence-corrected chi connectivity index (χ4v) is 2.30. The van der Waals surface area contributed by atoms with E-state index >= 15 is 0 Å². The molecule has 1 atom stereocenters. The molecule has 0 aliphatic carbocycles. The number of aliphatic imine (C=N–C) groups is 1. The minimum absolute atomic E-state index is 0.0959. The molecule has 7 nitrogen and oxygen atoms in total. The first kappa shape index (κ1) is 18.3. The number of carbonyl (C=O) groups excluding carboxylic acids is 2. The van der Waals surface area contributed by atoms with E-state index in [1.807, 2.05) is 0 Å². The molecule has 1 unspecified atom stereocenters. The SMILES string of the molecule is CN=C(NCCN1C(=O)CNC1=O)NC(C)CCCC(C)C. The molecule has 1 saturated heterocycles. The summed E-state index contributed by atoms with van der Waals surface area (Å²) in [5.41, 5.74) is 0. The van der Waals surface area contributed by atoms with Crippen LogP contribution in [0.5, 0.6) is 0 Å². The van der Waals surface area contributed by atoms with E-state index in [0.717, 1.165) is 12.3 Å². The minimum atomic E-state index is -0.322. The van der Waals surface area contributed by atoms with Gasteiger partial charge in [0.25, 0.3) is 0 Å². The van der Waals surface area contributed by atoms with Gasteiger partial charge in [-0.3, -0.25) is 14.7 Å². The number of nitrogens with one attached hydrogen (secondary N) is 3. The average molecular weight is 311 g/mol. The van der Waals surface area contributed by atoms with Crippen LogP contribution in [0, 0.1) is 5.92 Å². The lowest BCUT2D eigenvalue weighted by atomic mass is 10.0. The number of guanidine groups is 1. The Morgan fingerprint density at radius 2 is 2.05 bits per heavy atom. The monoisotopic (exact) mass is 311 g/mol. The molecule has 3 amide bonds. The predicted octanol–water partition coefficient (Wildman–Crippen LogP) is 0.918. The summed E-state index contributed by atoms with van der Waals surface area (Å²) in [6, 6.07) is 0.0125. The second-order valence-corrected chi connectivity index (χ2v) is 6.07. The first-order valence-electron chi connectivity index (χ1n) is 7.99. The zero-order valence-corrected chi connectivity index (χ0v) is 14.1. The Labute approximate surface area is 132 Å². The van der Waals surface area contributed by atoms with Crippen LogP contribution in [0.15, 0.2) is 4.99 Å². The van der Waals surface area contributed by atoms with Crippen molar-refractivity contribution in [1.29, 1.82) is 0 Å². The van der Waals surface area contributed by atoms with Gasteiger partial charge < -0.3 is 16.0 Å². The molecule has 0 bridgehead atoms. The lowest BCUT2D eigenvalue weighted by Gasteiger charge is -2.19. The number of amides is 3. The molecule has 0 aromatic rings. The van der Waals surface area contributed by atoms with Gasteiger partial charge in [-0.15, -0.1) is 0 Å². The number of nitrogens with zero attached hydrogens (tertiary/aromatic N) is 2. The van der Waals surface area contributed by atoms with Crippen molar-refractivity contribution < 1.29 is 9.59 Å². The van der Waals surface area contributed by atoms with E-state index in [0.29, 0.717) is 25.1 Å². The average Bonchev–Trinajstić information content (AvgIpc) is 2.77. The lowest BCUT2D eigenvalue weighted by molar-refractivity contribution is -0.124. The summed E-state index contributed by atoms with van der Waals surface area (Å²) < 4.78 is 0. The molecule has 0 radical (unpaired) electrons. The van der Waals surface area contributed by atoms with Crippen LogP contribution >= 0.6 is 0 Å². The van der Waals surface area contributed by atoms with Crippen molar-refractivity contribution in [2.24, 2.45) is 10.9 Å². The Morgan fingerprint density at radius 3 is 2.59 bits per heavy atom. The lowest BCUT2D eigenvalue weighted by Crippen LogP contribution is -2.45. The molecule has 1 heterocycles. The summed E-state index contributed by atoms with van der Waals surface area (Å²) in [7, 11) is 1.71. The van der Waals surface area contributed by atoms with Gasteiger partial charge in [0.15, 0.2) is 5.96 Å². The van der Waals surface area contributed by atoms with Crippen molar-refractivity contribution in [3.8, 4) is 0 Å². The highest BCUT2D eigenvalue weighted by Gasteiger charge is 2.27. The third-order valence-electron chi connectivity index (χ3n) is 3.59. The van der Waals surface area contributed by atoms with Gasteiger partial charge in [-0.05, 0) is 19.3 Å². The van der Waals surface area contributed by atoms with E-state index in [1.54, 1.807) is 7.05 Å². The van der Waals surface area contributed by atoms with Crippen LogP contribution in [0.4, 0.5) is 4.79 Å². The fourth-order valence-electron chi connectivity index (χ4n) is 2.30. The quantitative estimate of drug-likeness (QED) is 0.353. The maximum absolute atomic E-state index is 11.4. The molecule has 3 N–H and O–H groups in total. The van der Waals surface area contributed by atoms with Gasteiger partial charge in [-0.2, -0.15) is 0 Å². The highest BCUT2D eigenvalue weighted by molar-refractivity contribution is 6.01. The maximum Gasteiger partial charge on any atom is 0.324 e. The number of rotatable bonds is 8. The van der Waals surface area contributed by atoms with E-state index in [9.17, 15) is 9.59 Å². The summed E-state index contributed by atoms with van der Waals surface area (Å²) >= 11 is 0. The molecular weight excluding hydrogens is 282 g/mol. The number of hydrogen-bond acceptors (Lipinski definition) is 3. The summed E-state index contributed by atoms with van der Waals surface area (Å²) in [6.45, 7) is 7.51. The van der Waals surface area contributed by atoms with Gasteiger partial charge in [-0.25, -0.2) is 4.79 Å². The van der Waals surface area contributed by atoms with Gasteiger partial charge >= 0.3 is 6.03 Å². The van der Waals surface area contributed by atoms with Crippen molar-refractivity contribution >= 4 is 17.9 Å². The molecule has 0 saturated carbocycles. The molecule has 1 aliphatic rings. The van der Waals surface area contributed by atoms with Gasteiger partial charge in [-0.1, -0.05) is 26.7 Å². The smallest absolute Gasteiger partial charge is 0.324 e. The van der Waals surface area contributed by atoms with Crippen molar-refractivity contribution in [1.82, 2.24) is 20.9 Å². The van der Waals surface area contributed by atoms with Gasteiger partial charge in [0, 0.05) is 26.2 Å². The number of hydrogen-bond donors (Lipinski definition) is 3. The number of imide groups is 1. The molecule has 0 aromatic carbocycles. The van der Waals surface area contributed by atoms with E-state index in [2.05, 4.69) is 41.7 Å². The Hall–Kier alpha value is -1.79. The maximum atomic E-state index is 11.4. The van der Waals surface area contributed by atoms with E-state index in [4.69, 9.17) is 0 Å². The molecule has 7 heteroatoms. The van der Waals surface area contributed by atoms with Crippen LogP contribution in [0.2, 0.25) is 0 Å². The third kappa shape index (κ3) is 6.32. The Bertz CT molecular complexity index is 393. The molecule has 126 valence electrons. The molecule has 1 aliphatic heterocycles. The van der Waals surface area contributed by atoms with Crippen LogP contribution in [0.1, 0.15) is 40.0 Å². The topological polar surface area (TPSA) is 85.8 Å². The van der Waals surface area contributed by atoms with E-state index in [1.165, 1.54) is 17.7 Å². The third-order valence-corrected chi connectivity index (χ3v) is 3.59. The molecule has 1 rings (SSSR count). The summed E-state index contributed by atoms with van der Waals surface area (Å²) in [4.78, 5) is 28.2. The second-order valence-electron chi connectivity index (χ2n) is 6.07. The van der Waals surface area contributed by atoms with Crippen LogP contribution in [-0.2, 0) is 4.79 Å². The molecule has 0 spiro atoms. The van der Waals surface area contributed by atoms with Gasteiger partial charge in [0.1, 0.15) is 0 Å². The highest BCUT2D eigenvalue weighted by atomic mass is 16.2. The first-order chi connectivity index (χ1) is 10.4. The fraction of sp³-hybridized carbons (Fsp3) is 0.800.